The maximum Gasteiger partial charge on any atom is 0.229 e. The zero-order chi connectivity index (χ0) is 17.1. The van der Waals surface area contributed by atoms with Crippen molar-refractivity contribution in [1.82, 2.24) is 9.97 Å². The van der Waals surface area contributed by atoms with E-state index in [2.05, 4.69) is 15.3 Å². The van der Waals surface area contributed by atoms with Gasteiger partial charge in [0.2, 0.25) is 5.95 Å². The Labute approximate surface area is 139 Å². The fourth-order valence-electron chi connectivity index (χ4n) is 2.44. The molecule has 0 fully saturated rings. The molecule has 1 aromatic heterocycles. The van der Waals surface area contributed by atoms with Gasteiger partial charge in [0.05, 0.1) is 0 Å². The summed E-state index contributed by atoms with van der Waals surface area (Å²) in [6.07, 6.45) is 1.65. The van der Waals surface area contributed by atoms with E-state index >= 15 is 0 Å². The molecule has 1 unspecified atom stereocenters. The van der Waals surface area contributed by atoms with Crippen LogP contribution in [0.25, 0.3) is 0 Å². The predicted molar refractivity (Wildman–Crippen MR) is 91.8 cm³/mol. The van der Waals surface area contributed by atoms with Crippen molar-refractivity contribution in [3.63, 3.8) is 0 Å². The second-order valence-corrected chi connectivity index (χ2v) is 5.48. The SMILES string of the molecule is CC(c1ccc(F)cc1)c1cnc(Nc2cccc(O)c2)nc1N. The minimum absolute atomic E-state index is 0.0552. The van der Waals surface area contributed by atoms with E-state index in [-0.39, 0.29) is 17.5 Å². The van der Waals surface area contributed by atoms with Gasteiger partial charge in [0.25, 0.3) is 0 Å². The van der Waals surface area contributed by atoms with Crippen molar-refractivity contribution in [1.29, 1.82) is 0 Å². The van der Waals surface area contributed by atoms with Crippen LogP contribution < -0.4 is 11.1 Å². The topological polar surface area (TPSA) is 84.1 Å². The summed E-state index contributed by atoms with van der Waals surface area (Å²) in [7, 11) is 0. The molecule has 5 nitrogen and oxygen atoms in total. The van der Waals surface area contributed by atoms with Crippen LogP contribution in [-0.4, -0.2) is 15.1 Å². The summed E-state index contributed by atoms with van der Waals surface area (Å²) in [6, 6.07) is 12.9. The van der Waals surface area contributed by atoms with Crippen molar-refractivity contribution in [3.8, 4) is 5.75 Å². The molecule has 0 radical (unpaired) electrons. The van der Waals surface area contributed by atoms with E-state index in [1.54, 1.807) is 42.6 Å². The highest BCUT2D eigenvalue weighted by molar-refractivity contribution is 5.57. The first-order valence-corrected chi connectivity index (χ1v) is 7.47. The molecule has 0 bridgehead atoms. The number of phenolic OH excluding ortho intramolecular Hbond substituents is 1. The molecule has 0 amide bonds. The van der Waals surface area contributed by atoms with Gasteiger partial charge in [0.15, 0.2) is 0 Å². The Kier molecular flexibility index (Phi) is 4.29. The number of nitrogen functional groups attached to an aromatic ring is 1. The zero-order valence-electron chi connectivity index (χ0n) is 13.1. The van der Waals surface area contributed by atoms with Crippen LogP contribution in [0.4, 0.5) is 21.8 Å². The number of anilines is 3. The standard InChI is InChI=1S/C18H17FN4O/c1-11(12-5-7-13(19)8-6-12)16-10-21-18(23-17(16)20)22-14-3-2-4-15(24)9-14/h2-11,24H,1H3,(H3,20,21,22,23). The number of hydrogen-bond donors (Lipinski definition) is 3. The summed E-state index contributed by atoms with van der Waals surface area (Å²) < 4.78 is 13.0. The lowest BCUT2D eigenvalue weighted by molar-refractivity contribution is 0.475. The Morgan fingerprint density at radius 1 is 1.17 bits per heavy atom. The fourth-order valence-corrected chi connectivity index (χ4v) is 2.44. The average Bonchev–Trinajstić information content (AvgIpc) is 2.55. The Hall–Kier alpha value is -3.15. The molecule has 3 rings (SSSR count). The average molecular weight is 324 g/mol. The van der Waals surface area contributed by atoms with E-state index in [1.807, 2.05) is 6.92 Å². The summed E-state index contributed by atoms with van der Waals surface area (Å²) in [6.45, 7) is 1.96. The highest BCUT2D eigenvalue weighted by Crippen LogP contribution is 2.28. The molecule has 0 aliphatic heterocycles. The van der Waals surface area contributed by atoms with Gasteiger partial charge in [-0.1, -0.05) is 25.1 Å². The third-order valence-electron chi connectivity index (χ3n) is 3.79. The molecule has 1 heterocycles. The van der Waals surface area contributed by atoms with Crippen molar-refractivity contribution >= 4 is 17.5 Å². The first-order chi connectivity index (χ1) is 11.5. The van der Waals surface area contributed by atoms with Crippen LogP contribution >= 0.6 is 0 Å². The molecule has 0 saturated carbocycles. The van der Waals surface area contributed by atoms with E-state index in [1.165, 1.54) is 12.1 Å². The Morgan fingerprint density at radius 2 is 1.92 bits per heavy atom. The zero-order valence-corrected chi connectivity index (χ0v) is 13.1. The molecule has 122 valence electrons. The molecule has 24 heavy (non-hydrogen) atoms. The van der Waals surface area contributed by atoms with Crippen molar-refractivity contribution in [2.75, 3.05) is 11.1 Å². The van der Waals surface area contributed by atoms with Gasteiger partial charge in [-0.3, -0.25) is 0 Å². The molecule has 6 heteroatoms. The van der Waals surface area contributed by atoms with Crippen LogP contribution in [0, 0.1) is 5.82 Å². The van der Waals surface area contributed by atoms with E-state index < -0.39 is 0 Å². The number of rotatable bonds is 4. The summed E-state index contributed by atoms with van der Waals surface area (Å²) in [4.78, 5) is 8.53. The van der Waals surface area contributed by atoms with E-state index in [0.717, 1.165) is 11.1 Å². The molecule has 4 N–H and O–H groups in total. The van der Waals surface area contributed by atoms with Gasteiger partial charge >= 0.3 is 0 Å². The lowest BCUT2D eigenvalue weighted by Gasteiger charge is -2.15. The van der Waals surface area contributed by atoms with Crippen LogP contribution in [-0.2, 0) is 0 Å². The highest BCUT2D eigenvalue weighted by Gasteiger charge is 2.14. The van der Waals surface area contributed by atoms with Crippen molar-refractivity contribution in [2.24, 2.45) is 0 Å². The number of hydrogen-bond acceptors (Lipinski definition) is 5. The number of nitrogens with one attached hydrogen (secondary N) is 1. The third-order valence-corrected chi connectivity index (χ3v) is 3.79. The Morgan fingerprint density at radius 3 is 2.58 bits per heavy atom. The van der Waals surface area contributed by atoms with E-state index in [0.29, 0.717) is 17.5 Å². The number of nitrogens with two attached hydrogens (primary N) is 1. The quantitative estimate of drug-likeness (QED) is 0.680. The van der Waals surface area contributed by atoms with Gasteiger partial charge in [0.1, 0.15) is 17.4 Å². The summed E-state index contributed by atoms with van der Waals surface area (Å²) in [5.41, 5.74) is 8.42. The fraction of sp³-hybridized carbons (Fsp3) is 0.111. The van der Waals surface area contributed by atoms with Gasteiger partial charge in [-0.15, -0.1) is 0 Å². The molecule has 3 aromatic rings. The van der Waals surface area contributed by atoms with Crippen LogP contribution in [0.3, 0.4) is 0 Å². The molecule has 2 aromatic carbocycles. The molecule has 0 spiro atoms. The van der Waals surface area contributed by atoms with Gasteiger partial charge in [-0.2, -0.15) is 4.98 Å². The summed E-state index contributed by atoms with van der Waals surface area (Å²) in [5.74, 6) is 0.508. The Balaban J connectivity index is 1.83. The second-order valence-electron chi connectivity index (χ2n) is 5.48. The number of halogens is 1. The summed E-state index contributed by atoms with van der Waals surface area (Å²) >= 11 is 0. The smallest absolute Gasteiger partial charge is 0.229 e. The first kappa shape index (κ1) is 15.7. The molecular weight excluding hydrogens is 307 g/mol. The van der Waals surface area contributed by atoms with Gasteiger partial charge < -0.3 is 16.2 Å². The monoisotopic (exact) mass is 324 g/mol. The molecular formula is C18H17FN4O. The van der Waals surface area contributed by atoms with Gasteiger partial charge in [-0.25, -0.2) is 9.37 Å². The Bertz CT molecular complexity index is 852. The number of aromatic hydroxyl groups is 1. The highest BCUT2D eigenvalue weighted by atomic mass is 19.1. The van der Waals surface area contributed by atoms with Crippen molar-refractivity contribution < 1.29 is 9.50 Å². The second kappa shape index (κ2) is 6.54. The number of nitrogens with zero attached hydrogens (tertiary/aromatic N) is 2. The first-order valence-electron chi connectivity index (χ1n) is 7.47. The van der Waals surface area contributed by atoms with Crippen molar-refractivity contribution in [2.45, 2.75) is 12.8 Å². The largest absolute Gasteiger partial charge is 0.508 e. The van der Waals surface area contributed by atoms with Crippen LogP contribution in [0.15, 0.2) is 54.7 Å². The maximum atomic E-state index is 13.0. The minimum atomic E-state index is -0.277. The molecule has 0 saturated heterocycles. The van der Waals surface area contributed by atoms with Crippen LogP contribution in [0.1, 0.15) is 24.0 Å². The van der Waals surface area contributed by atoms with Crippen LogP contribution in [0.5, 0.6) is 5.75 Å². The predicted octanol–water partition coefficient (Wildman–Crippen LogP) is 3.80. The van der Waals surface area contributed by atoms with E-state index in [9.17, 15) is 9.50 Å². The lowest BCUT2D eigenvalue weighted by atomic mass is 9.94. The number of benzene rings is 2. The van der Waals surface area contributed by atoms with Crippen molar-refractivity contribution in [3.05, 3.63) is 71.7 Å². The van der Waals surface area contributed by atoms with E-state index in [4.69, 9.17) is 5.73 Å². The minimum Gasteiger partial charge on any atom is -0.508 e. The van der Waals surface area contributed by atoms with Crippen LogP contribution in [0.2, 0.25) is 0 Å². The molecule has 0 aliphatic carbocycles. The summed E-state index contributed by atoms with van der Waals surface area (Å²) in [5, 5.41) is 12.5. The lowest BCUT2D eigenvalue weighted by Crippen LogP contribution is -2.07. The van der Waals surface area contributed by atoms with Gasteiger partial charge in [-0.05, 0) is 29.8 Å². The maximum absolute atomic E-state index is 13.0. The molecule has 1 atom stereocenters. The normalized spacial score (nSPS) is 11.9. The molecule has 0 aliphatic rings. The number of aromatic nitrogens is 2. The third kappa shape index (κ3) is 3.43. The van der Waals surface area contributed by atoms with Gasteiger partial charge in [0, 0.05) is 29.4 Å². The number of phenols is 1.